The van der Waals surface area contributed by atoms with E-state index in [2.05, 4.69) is 11.9 Å². The Morgan fingerprint density at radius 1 is 1.88 bits per heavy atom. The van der Waals surface area contributed by atoms with Crippen LogP contribution in [0.25, 0.3) is 0 Å². The van der Waals surface area contributed by atoms with E-state index < -0.39 is 5.97 Å². The Hall–Kier alpha value is -0.700. The highest BCUT2D eigenvalue weighted by Crippen LogP contribution is 1.86. The van der Waals surface area contributed by atoms with Crippen molar-refractivity contribution in [3.63, 3.8) is 0 Å². The average molecular weight is 136 g/mol. The zero-order valence-corrected chi connectivity index (χ0v) is 4.90. The highest BCUT2D eigenvalue weighted by Gasteiger charge is 1.92. The molecule has 0 unspecified atom stereocenters. The first-order chi connectivity index (χ1) is 3.63. The van der Waals surface area contributed by atoms with Crippen molar-refractivity contribution in [1.82, 2.24) is 5.32 Å². The third kappa shape index (κ3) is 5.30. The van der Waals surface area contributed by atoms with Crippen molar-refractivity contribution in [3.8, 4) is 0 Å². The standard InChI is InChI=1S/C4H6ClNO2/c1-3(5)6-2-4(7)8/h6H,1-2H2,(H,7,8). The number of aliphatic carboxylic acids is 1. The van der Waals surface area contributed by atoms with E-state index in [1.807, 2.05) is 0 Å². The van der Waals surface area contributed by atoms with Crippen LogP contribution in [0.15, 0.2) is 11.7 Å². The Kier molecular flexibility index (Phi) is 3.03. The molecular formula is C4H6ClNO2. The molecule has 8 heavy (non-hydrogen) atoms. The molecule has 2 N–H and O–H groups in total. The van der Waals surface area contributed by atoms with Gasteiger partial charge >= 0.3 is 5.97 Å². The molecule has 0 rings (SSSR count). The first-order valence-electron chi connectivity index (χ1n) is 1.93. The summed E-state index contributed by atoms with van der Waals surface area (Å²) in [6.45, 7) is 3.04. The Morgan fingerprint density at radius 3 is 2.50 bits per heavy atom. The lowest BCUT2D eigenvalue weighted by molar-refractivity contribution is -0.135. The molecule has 0 aromatic carbocycles. The molecule has 3 nitrogen and oxygen atoms in total. The van der Waals surface area contributed by atoms with Crippen LogP contribution in [-0.2, 0) is 4.79 Å². The van der Waals surface area contributed by atoms with Crippen LogP contribution in [0.5, 0.6) is 0 Å². The highest BCUT2D eigenvalue weighted by atomic mass is 35.5. The maximum Gasteiger partial charge on any atom is 0.322 e. The highest BCUT2D eigenvalue weighted by molar-refractivity contribution is 6.28. The zero-order valence-electron chi connectivity index (χ0n) is 4.15. The van der Waals surface area contributed by atoms with Crippen molar-refractivity contribution < 1.29 is 9.90 Å². The summed E-state index contributed by atoms with van der Waals surface area (Å²) in [7, 11) is 0. The summed E-state index contributed by atoms with van der Waals surface area (Å²) in [5.74, 6) is -0.952. The van der Waals surface area contributed by atoms with E-state index in [4.69, 9.17) is 16.7 Å². The van der Waals surface area contributed by atoms with Gasteiger partial charge in [0.05, 0.1) is 5.16 Å². The fourth-order valence-electron chi connectivity index (χ4n) is 0.172. The number of carboxylic acids is 1. The lowest BCUT2D eigenvalue weighted by Gasteiger charge is -1.95. The summed E-state index contributed by atoms with van der Waals surface area (Å²) in [6, 6.07) is 0. The van der Waals surface area contributed by atoms with E-state index in [9.17, 15) is 4.79 Å². The van der Waals surface area contributed by atoms with Crippen molar-refractivity contribution in [2.24, 2.45) is 0 Å². The molecule has 46 valence electrons. The minimum atomic E-state index is -0.952. The first-order valence-corrected chi connectivity index (χ1v) is 2.31. The molecule has 0 amide bonds. The third-order valence-electron chi connectivity index (χ3n) is 0.431. The number of hydrogen-bond donors (Lipinski definition) is 2. The third-order valence-corrected chi connectivity index (χ3v) is 0.565. The number of nitrogens with one attached hydrogen (secondary N) is 1. The molecule has 0 aromatic rings. The second-order valence-corrected chi connectivity index (χ2v) is 1.61. The van der Waals surface area contributed by atoms with Crippen molar-refractivity contribution >= 4 is 17.6 Å². The van der Waals surface area contributed by atoms with Gasteiger partial charge in [0.25, 0.3) is 0 Å². The van der Waals surface area contributed by atoms with Crippen molar-refractivity contribution in [2.45, 2.75) is 0 Å². The molecule has 0 aliphatic heterocycles. The largest absolute Gasteiger partial charge is 0.480 e. The fraction of sp³-hybridized carbons (Fsp3) is 0.250. The van der Waals surface area contributed by atoms with Crippen LogP contribution in [0, 0.1) is 0 Å². The van der Waals surface area contributed by atoms with Crippen LogP contribution >= 0.6 is 11.6 Å². The quantitative estimate of drug-likeness (QED) is 0.550. The van der Waals surface area contributed by atoms with Gasteiger partial charge in [-0.2, -0.15) is 0 Å². The molecule has 0 radical (unpaired) electrons. The van der Waals surface area contributed by atoms with Crippen LogP contribution < -0.4 is 5.32 Å². The van der Waals surface area contributed by atoms with Gasteiger partial charge in [-0.25, -0.2) is 0 Å². The van der Waals surface area contributed by atoms with E-state index in [1.54, 1.807) is 0 Å². The van der Waals surface area contributed by atoms with Crippen molar-refractivity contribution in [2.75, 3.05) is 6.54 Å². The lowest BCUT2D eigenvalue weighted by atomic mass is 10.7. The normalized spacial score (nSPS) is 8.12. The number of hydrogen-bond acceptors (Lipinski definition) is 2. The molecular weight excluding hydrogens is 130 g/mol. The Labute approximate surface area is 52.0 Å². The summed E-state index contributed by atoms with van der Waals surface area (Å²) in [4.78, 5) is 9.74. The van der Waals surface area contributed by atoms with E-state index in [0.717, 1.165) is 0 Å². The van der Waals surface area contributed by atoms with E-state index >= 15 is 0 Å². The van der Waals surface area contributed by atoms with Gasteiger partial charge < -0.3 is 10.4 Å². The van der Waals surface area contributed by atoms with Crippen LogP contribution in [0.3, 0.4) is 0 Å². The molecule has 0 aliphatic carbocycles. The molecule has 0 saturated heterocycles. The van der Waals surface area contributed by atoms with Crippen LogP contribution in [-0.4, -0.2) is 17.6 Å². The summed E-state index contributed by atoms with van der Waals surface area (Å²) < 4.78 is 0. The molecule has 0 fully saturated rings. The van der Waals surface area contributed by atoms with Crippen molar-refractivity contribution in [3.05, 3.63) is 11.7 Å². The lowest BCUT2D eigenvalue weighted by Crippen LogP contribution is -2.18. The van der Waals surface area contributed by atoms with Gasteiger partial charge in [0.1, 0.15) is 6.54 Å². The maximum absolute atomic E-state index is 9.74. The van der Waals surface area contributed by atoms with Crippen molar-refractivity contribution in [1.29, 1.82) is 0 Å². The molecule has 0 aromatic heterocycles. The molecule has 4 heteroatoms. The topological polar surface area (TPSA) is 49.3 Å². The predicted molar refractivity (Wildman–Crippen MR) is 30.6 cm³/mol. The van der Waals surface area contributed by atoms with Gasteiger partial charge in [0, 0.05) is 0 Å². The van der Waals surface area contributed by atoms with Crippen LogP contribution in [0.4, 0.5) is 0 Å². The summed E-state index contributed by atoms with van der Waals surface area (Å²) in [5.41, 5.74) is 0. The van der Waals surface area contributed by atoms with Gasteiger partial charge in [-0.05, 0) is 0 Å². The minimum absolute atomic E-state index is 0.146. The Balaban J connectivity index is 3.18. The zero-order chi connectivity index (χ0) is 6.57. The molecule has 0 heterocycles. The summed E-state index contributed by atoms with van der Waals surface area (Å²) >= 11 is 5.15. The Morgan fingerprint density at radius 2 is 2.38 bits per heavy atom. The minimum Gasteiger partial charge on any atom is -0.480 e. The maximum atomic E-state index is 9.74. The fourth-order valence-corrected chi connectivity index (χ4v) is 0.238. The first kappa shape index (κ1) is 7.30. The molecule has 0 bridgehead atoms. The van der Waals surface area contributed by atoms with Gasteiger partial charge in [0.2, 0.25) is 0 Å². The number of carbonyl (C=O) groups is 1. The second kappa shape index (κ2) is 3.32. The molecule has 0 saturated carbocycles. The van der Waals surface area contributed by atoms with Gasteiger partial charge in [-0.15, -0.1) is 0 Å². The number of halogens is 1. The van der Waals surface area contributed by atoms with Gasteiger partial charge in [-0.1, -0.05) is 18.2 Å². The summed E-state index contributed by atoms with van der Waals surface area (Å²) in [6.07, 6.45) is 0. The molecule has 0 atom stereocenters. The second-order valence-electron chi connectivity index (χ2n) is 1.15. The molecule has 0 spiro atoms. The smallest absolute Gasteiger partial charge is 0.322 e. The van der Waals surface area contributed by atoms with Gasteiger partial charge in [-0.3, -0.25) is 4.79 Å². The monoisotopic (exact) mass is 135 g/mol. The predicted octanol–water partition coefficient (Wildman–Crippen LogP) is 0.371. The number of carboxylic acid groups (broad SMARTS) is 1. The summed E-state index contributed by atoms with van der Waals surface area (Å²) in [5, 5.41) is 10.5. The average Bonchev–Trinajstić information content (AvgIpc) is 1.61. The SMILES string of the molecule is C=C(Cl)NCC(=O)O. The number of rotatable bonds is 3. The Bertz CT molecular complexity index is 98.6. The molecule has 0 aliphatic rings. The van der Waals surface area contributed by atoms with Crippen LogP contribution in [0.2, 0.25) is 0 Å². The van der Waals surface area contributed by atoms with E-state index in [-0.39, 0.29) is 11.7 Å². The van der Waals surface area contributed by atoms with Crippen LogP contribution in [0.1, 0.15) is 0 Å². The van der Waals surface area contributed by atoms with E-state index in [0.29, 0.717) is 0 Å². The van der Waals surface area contributed by atoms with Gasteiger partial charge in [0.15, 0.2) is 0 Å². The van der Waals surface area contributed by atoms with E-state index in [1.165, 1.54) is 0 Å².